The van der Waals surface area contributed by atoms with Crippen molar-refractivity contribution < 1.29 is 4.79 Å². The van der Waals surface area contributed by atoms with Gasteiger partial charge in [0.2, 0.25) is 6.41 Å². The molecule has 0 radical (unpaired) electrons. The van der Waals surface area contributed by atoms with Crippen LogP contribution < -0.4 is 0 Å². The van der Waals surface area contributed by atoms with Crippen LogP contribution in [0.4, 0.5) is 0 Å². The lowest BCUT2D eigenvalue weighted by Gasteiger charge is -2.32. The van der Waals surface area contributed by atoms with Gasteiger partial charge in [-0.15, -0.1) is 11.3 Å². The smallest absolute Gasteiger partial charge is 0.209 e. The molecule has 0 bridgehead atoms. The van der Waals surface area contributed by atoms with Crippen LogP contribution in [0.25, 0.3) is 0 Å². The predicted molar refractivity (Wildman–Crippen MR) is 62.2 cm³/mol. The van der Waals surface area contributed by atoms with Gasteiger partial charge in [-0.05, 0) is 12.1 Å². The van der Waals surface area contributed by atoms with Crippen molar-refractivity contribution in [2.45, 2.75) is 6.54 Å². The monoisotopic (exact) mass is 244 g/mol. The van der Waals surface area contributed by atoms with Crippen LogP contribution in [0, 0.1) is 0 Å². The van der Waals surface area contributed by atoms with Crippen molar-refractivity contribution >= 4 is 29.3 Å². The summed E-state index contributed by atoms with van der Waals surface area (Å²) in [5.74, 6) is 0. The standard InChI is InChI=1S/C10H13ClN2OS/c11-10-2-1-9(15-10)7-12-3-5-13(8-14)6-4-12/h1-2,8H,3-7H2. The quantitative estimate of drug-likeness (QED) is 0.756. The van der Waals surface area contributed by atoms with Crippen LogP contribution in [0.3, 0.4) is 0 Å². The molecule has 0 unspecified atom stereocenters. The summed E-state index contributed by atoms with van der Waals surface area (Å²) < 4.78 is 0.844. The fraction of sp³-hybridized carbons (Fsp3) is 0.500. The SMILES string of the molecule is O=CN1CCN(Cc2ccc(Cl)s2)CC1. The number of rotatable bonds is 3. The fourth-order valence-electron chi connectivity index (χ4n) is 1.68. The van der Waals surface area contributed by atoms with E-state index in [1.807, 2.05) is 11.0 Å². The zero-order valence-corrected chi connectivity index (χ0v) is 9.93. The third kappa shape index (κ3) is 2.93. The summed E-state index contributed by atoms with van der Waals surface area (Å²) in [6, 6.07) is 4.00. The zero-order chi connectivity index (χ0) is 10.7. The fourth-order valence-corrected chi connectivity index (χ4v) is 2.81. The summed E-state index contributed by atoms with van der Waals surface area (Å²) in [6.07, 6.45) is 0.930. The molecule has 2 rings (SSSR count). The lowest BCUT2D eigenvalue weighted by molar-refractivity contribution is -0.119. The van der Waals surface area contributed by atoms with Crippen LogP contribution in [-0.4, -0.2) is 42.4 Å². The van der Waals surface area contributed by atoms with Crippen molar-refractivity contribution in [3.8, 4) is 0 Å². The van der Waals surface area contributed by atoms with Gasteiger partial charge in [0.1, 0.15) is 0 Å². The zero-order valence-electron chi connectivity index (χ0n) is 8.36. The molecule has 0 spiro atoms. The average molecular weight is 245 g/mol. The Morgan fingerprint density at radius 2 is 2.07 bits per heavy atom. The Labute approximate surface area is 98.2 Å². The minimum absolute atomic E-state index is 0.836. The van der Waals surface area contributed by atoms with Gasteiger partial charge < -0.3 is 4.90 Å². The van der Waals surface area contributed by atoms with E-state index in [9.17, 15) is 4.79 Å². The van der Waals surface area contributed by atoms with Crippen molar-refractivity contribution in [3.63, 3.8) is 0 Å². The minimum Gasteiger partial charge on any atom is -0.343 e. The second-order valence-corrected chi connectivity index (χ2v) is 5.42. The number of carbonyl (C=O) groups is 1. The van der Waals surface area contributed by atoms with E-state index in [2.05, 4.69) is 11.0 Å². The van der Waals surface area contributed by atoms with Crippen molar-refractivity contribution in [1.29, 1.82) is 0 Å². The van der Waals surface area contributed by atoms with Crippen LogP contribution in [0.2, 0.25) is 4.34 Å². The van der Waals surface area contributed by atoms with Crippen LogP contribution in [0.1, 0.15) is 4.88 Å². The van der Waals surface area contributed by atoms with Gasteiger partial charge in [0.05, 0.1) is 4.34 Å². The van der Waals surface area contributed by atoms with Gasteiger partial charge in [-0.25, -0.2) is 0 Å². The Hall–Kier alpha value is -0.580. The maximum Gasteiger partial charge on any atom is 0.209 e. The first-order valence-electron chi connectivity index (χ1n) is 4.94. The molecule has 1 aliphatic heterocycles. The highest BCUT2D eigenvalue weighted by Crippen LogP contribution is 2.22. The molecule has 2 heterocycles. The molecule has 1 aromatic rings. The van der Waals surface area contributed by atoms with Gasteiger partial charge in [-0.2, -0.15) is 0 Å². The van der Waals surface area contributed by atoms with Crippen molar-refractivity contribution in [1.82, 2.24) is 9.80 Å². The summed E-state index contributed by atoms with van der Waals surface area (Å²) in [5, 5.41) is 0. The number of halogens is 1. The maximum atomic E-state index is 10.5. The minimum atomic E-state index is 0.836. The first kappa shape index (κ1) is 10.9. The molecule has 0 N–H and O–H groups in total. The van der Waals surface area contributed by atoms with Crippen LogP contribution >= 0.6 is 22.9 Å². The second-order valence-electron chi connectivity index (χ2n) is 3.62. The van der Waals surface area contributed by atoms with E-state index in [1.54, 1.807) is 11.3 Å². The molecule has 5 heteroatoms. The molecule has 0 aromatic carbocycles. The van der Waals surface area contributed by atoms with Gasteiger partial charge >= 0.3 is 0 Å². The van der Waals surface area contributed by atoms with Crippen molar-refractivity contribution in [3.05, 3.63) is 21.3 Å². The van der Waals surface area contributed by atoms with Crippen LogP contribution in [-0.2, 0) is 11.3 Å². The van der Waals surface area contributed by atoms with Crippen molar-refractivity contribution in [2.24, 2.45) is 0 Å². The summed E-state index contributed by atoms with van der Waals surface area (Å²) >= 11 is 7.50. The lowest BCUT2D eigenvalue weighted by Crippen LogP contribution is -2.44. The van der Waals surface area contributed by atoms with Gasteiger partial charge in [0.15, 0.2) is 0 Å². The molecular weight excluding hydrogens is 232 g/mol. The first-order chi connectivity index (χ1) is 7.28. The summed E-state index contributed by atoms with van der Waals surface area (Å²) in [5.41, 5.74) is 0. The molecule has 1 aliphatic rings. The molecule has 1 saturated heterocycles. The van der Waals surface area contributed by atoms with Crippen LogP contribution in [0.15, 0.2) is 12.1 Å². The molecule has 3 nitrogen and oxygen atoms in total. The van der Waals surface area contributed by atoms with Gasteiger partial charge in [0, 0.05) is 37.6 Å². The molecule has 1 amide bonds. The average Bonchev–Trinajstić information content (AvgIpc) is 2.65. The van der Waals surface area contributed by atoms with E-state index >= 15 is 0 Å². The largest absolute Gasteiger partial charge is 0.343 e. The number of hydrogen-bond acceptors (Lipinski definition) is 3. The van der Waals surface area contributed by atoms with Crippen molar-refractivity contribution in [2.75, 3.05) is 26.2 Å². The van der Waals surface area contributed by atoms with E-state index in [-0.39, 0.29) is 0 Å². The molecule has 0 atom stereocenters. The van der Waals surface area contributed by atoms with E-state index in [4.69, 9.17) is 11.6 Å². The Morgan fingerprint density at radius 3 is 2.60 bits per heavy atom. The van der Waals surface area contributed by atoms with Gasteiger partial charge in [-0.3, -0.25) is 9.69 Å². The summed E-state index contributed by atoms with van der Waals surface area (Å²) in [6.45, 7) is 4.53. The highest BCUT2D eigenvalue weighted by molar-refractivity contribution is 7.16. The number of hydrogen-bond donors (Lipinski definition) is 0. The van der Waals surface area contributed by atoms with Gasteiger partial charge in [0.25, 0.3) is 0 Å². The third-order valence-corrected chi connectivity index (χ3v) is 3.78. The Morgan fingerprint density at radius 1 is 1.33 bits per heavy atom. The number of amides is 1. The number of nitrogens with zero attached hydrogens (tertiary/aromatic N) is 2. The topological polar surface area (TPSA) is 23.6 Å². The van der Waals surface area contributed by atoms with Gasteiger partial charge in [-0.1, -0.05) is 11.6 Å². The maximum absolute atomic E-state index is 10.5. The highest BCUT2D eigenvalue weighted by Gasteiger charge is 2.15. The highest BCUT2D eigenvalue weighted by atomic mass is 35.5. The molecule has 0 saturated carbocycles. The molecule has 0 aliphatic carbocycles. The Bertz CT molecular complexity index is 334. The third-order valence-electron chi connectivity index (χ3n) is 2.56. The number of carbonyl (C=O) groups excluding carboxylic acids is 1. The van der Waals surface area contributed by atoms with E-state index in [1.165, 1.54) is 4.88 Å². The summed E-state index contributed by atoms with van der Waals surface area (Å²) in [4.78, 5) is 16.0. The molecule has 1 fully saturated rings. The Kier molecular flexibility index (Phi) is 3.61. The first-order valence-corrected chi connectivity index (χ1v) is 6.13. The second kappa shape index (κ2) is 4.96. The van der Waals surface area contributed by atoms with E-state index in [0.717, 1.165) is 43.5 Å². The Balaban J connectivity index is 1.84. The van der Waals surface area contributed by atoms with E-state index in [0.29, 0.717) is 0 Å². The summed E-state index contributed by atoms with van der Waals surface area (Å²) in [7, 11) is 0. The molecule has 1 aromatic heterocycles. The number of piperazine rings is 1. The molecule has 15 heavy (non-hydrogen) atoms. The molecular formula is C10H13ClN2OS. The predicted octanol–water partition coefficient (Wildman–Crippen LogP) is 1.68. The normalized spacial score (nSPS) is 18.1. The lowest BCUT2D eigenvalue weighted by atomic mass is 10.3. The van der Waals surface area contributed by atoms with Crippen LogP contribution in [0.5, 0.6) is 0 Å². The van der Waals surface area contributed by atoms with E-state index < -0.39 is 0 Å². The number of thiophene rings is 1. The molecule has 82 valence electrons.